The molecule has 2 aromatic rings. The third-order valence-electron chi connectivity index (χ3n) is 8.89. The maximum absolute atomic E-state index is 13.4. The normalized spacial score (nSPS) is 33.1. The molecule has 6 aliphatic rings. The quantitative estimate of drug-likeness (QED) is 0.241. The molecule has 8 rings (SSSR count). The van der Waals surface area contributed by atoms with Crippen molar-refractivity contribution in [3.8, 4) is 5.75 Å². The molecule has 188 valence electrons. The highest BCUT2D eigenvalue weighted by molar-refractivity contribution is 9.10. The van der Waals surface area contributed by atoms with Crippen LogP contribution in [-0.2, 0) is 19.2 Å². The van der Waals surface area contributed by atoms with Crippen molar-refractivity contribution in [3.63, 3.8) is 0 Å². The van der Waals surface area contributed by atoms with Gasteiger partial charge in [0.1, 0.15) is 5.75 Å². The van der Waals surface area contributed by atoms with Crippen LogP contribution in [0.3, 0.4) is 0 Å². The van der Waals surface area contributed by atoms with Gasteiger partial charge in [-0.1, -0.05) is 28.1 Å². The SMILES string of the molecule is Cc1cc(OC(=O)[C@@H]2CC(=O)N(c3ccc(Br)cc3)C2)ccc1N1C(=O)[C@@H]2[C@H]3C=C[C@@H]([C@@H]4C[C@H]34)[C@@H]2C1=O. The molecule has 0 aromatic heterocycles. The summed E-state index contributed by atoms with van der Waals surface area (Å²) < 4.78 is 6.55. The number of nitrogens with zero attached hydrogens (tertiary/aromatic N) is 2. The molecule has 2 saturated heterocycles. The minimum absolute atomic E-state index is 0.0872. The van der Waals surface area contributed by atoms with Crippen molar-refractivity contribution in [2.75, 3.05) is 16.3 Å². The van der Waals surface area contributed by atoms with E-state index < -0.39 is 11.9 Å². The Hall–Kier alpha value is -3.26. The first-order valence-electron chi connectivity index (χ1n) is 12.8. The molecule has 0 unspecified atom stereocenters. The van der Waals surface area contributed by atoms with Crippen LogP contribution in [0.2, 0.25) is 0 Å². The Labute approximate surface area is 222 Å². The zero-order valence-corrected chi connectivity index (χ0v) is 21.8. The predicted octanol–water partition coefficient (Wildman–Crippen LogP) is 4.27. The Kier molecular flexibility index (Phi) is 5.02. The smallest absolute Gasteiger partial charge is 0.316 e. The lowest BCUT2D eigenvalue weighted by Crippen LogP contribution is -2.40. The van der Waals surface area contributed by atoms with Crippen LogP contribution in [0, 0.1) is 48.3 Å². The van der Waals surface area contributed by atoms with Gasteiger partial charge in [-0.05, 0) is 85.0 Å². The van der Waals surface area contributed by atoms with Crippen LogP contribution in [0.4, 0.5) is 11.4 Å². The van der Waals surface area contributed by atoms with E-state index in [-0.39, 0.29) is 54.4 Å². The van der Waals surface area contributed by atoms with Gasteiger partial charge in [0.05, 0.1) is 23.4 Å². The minimum atomic E-state index is -0.574. The molecular weight excluding hydrogens is 536 g/mol. The first-order chi connectivity index (χ1) is 17.8. The number of halogens is 1. The fraction of sp³-hybridized carbons (Fsp3) is 0.379. The van der Waals surface area contributed by atoms with Crippen LogP contribution in [0.1, 0.15) is 18.4 Å². The fourth-order valence-electron chi connectivity index (χ4n) is 7.07. The highest BCUT2D eigenvalue weighted by Gasteiger charge is 2.67. The Morgan fingerprint density at radius 2 is 1.59 bits per heavy atom. The number of hydrogen-bond acceptors (Lipinski definition) is 5. The number of rotatable bonds is 4. The van der Waals surface area contributed by atoms with E-state index in [4.69, 9.17) is 4.74 Å². The number of amides is 3. The summed E-state index contributed by atoms with van der Waals surface area (Å²) in [6, 6.07) is 12.4. The lowest BCUT2D eigenvalue weighted by Gasteiger charge is -2.37. The molecular formula is C29H25BrN2O5. The molecule has 4 aliphatic carbocycles. The Morgan fingerprint density at radius 3 is 2.22 bits per heavy atom. The zero-order chi connectivity index (χ0) is 25.6. The van der Waals surface area contributed by atoms with E-state index in [1.54, 1.807) is 23.1 Å². The van der Waals surface area contributed by atoms with Gasteiger partial charge in [0, 0.05) is 23.1 Å². The molecule has 3 amide bonds. The van der Waals surface area contributed by atoms with E-state index in [2.05, 4.69) is 28.1 Å². The molecule has 7 atom stereocenters. The van der Waals surface area contributed by atoms with Crippen LogP contribution in [0.25, 0.3) is 0 Å². The number of benzene rings is 2. The largest absolute Gasteiger partial charge is 0.426 e. The van der Waals surface area contributed by atoms with E-state index in [1.165, 1.54) is 4.90 Å². The van der Waals surface area contributed by atoms with Crippen molar-refractivity contribution in [2.24, 2.45) is 41.4 Å². The van der Waals surface area contributed by atoms with Crippen molar-refractivity contribution >= 4 is 51.0 Å². The Morgan fingerprint density at radius 1 is 0.946 bits per heavy atom. The van der Waals surface area contributed by atoms with Crippen LogP contribution in [0.15, 0.2) is 59.1 Å². The second-order valence-electron chi connectivity index (χ2n) is 10.9. The topological polar surface area (TPSA) is 84.0 Å². The predicted molar refractivity (Wildman–Crippen MR) is 139 cm³/mol. The highest BCUT2D eigenvalue weighted by Crippen LogP contribution is 2.65. The fourth-order valence-corrected chi connectivity index (χ4v) is 7.34. The first kappa shape index (κ1) is 22.9. The van der Waals surface area contributed by atoms with Gasteiger partial charge in [-0.3, -0.25) is 19.2 Å². The van der Waals surface area contributed by atoms with Gasteiger partial charge in [0.2, 0.25) is 17.7 Å². The maximum atomic E-state index is 13.4. The van der Waals surface area contributed by atoms with Gasteiger partial charge in [-0.15, -0.1) is 0 Å². The van der Waals surface area contributed by atoms with Crippen LogP contribution in [-0.4, -0.2) is 30.2 Å². The van der Waals surface area contributed by atoms with Gasteiger partial charge >= 0.3 is 5.97 Å². The third-order valence-corrected chi connectivity index (χ3v) is 9.42. The summed E-state index contributed by atoms with van der Waals surface area (Å²) in [5, 5.41) is 0. The lowest BCUT2D eigenvalue weighted by atomic mass is 9.63. The van der Waals surface area contributed by atoms with Crippen molar-refractivity contribution in [1.29, 1.82) is 0 Å². The van der Waals surface area contributed by atoms with Crippen LogP contribution in [0.5, 0.6) is 5.75 Å². The van der Waals surface area contributed by atoms with Gasteiger partial charge in [-0.2, -0.15) is 0 Å². The minimum Gasteiger partial charge on any atom is -0.426 e. The second kappa shape index (κ2) is 8.12. The van der Waals surface area contributed by atoms with E-state index in [9.17, 15) is 19.2 Å². The van der Waals surface area contributed by atoms with E-state index in [0.29, 0.717) is 28.8 Å². The average molecular weight is 561 g/mol. The zero-order valence-electron chi connectivity index (χ0n) is 20.2. The Balaban J connectivity index is 1.06. The molecule has 2 aromatic carbocycles. The van der Waals surface area contributed by atoms with Gasteiger partial charge < -0.3 is 9.64 Å². The molecule has 0 radical (unpaired) electrons. The van der Waals surface area contributed by atoms with Crippen molar-refractivity contribution < 1.29 is 23.9 Å². The van der Waals surface area contributed by atoms with Crippen LogP contribution < -0.4 is 14.5 Å². The summed E-state index contributed by atoms with van der Waals surface area (Å²) in [6.45, 7) is 2.07. The summed E-state index contributed by atoms with van der Waals surface area (Å²) in [5.41, 5.74) is 1.98. The summed E-state index contributed by atoms with van der Waals surface area (Å²) >= 11 is 3.39. The molecule has 2 bridgehead atoms. The molecule has 2 heterocycles. The number of hydrogen-bond donors (Lipinski definition) is 0. The number of anilines is 2. The number of esters is 1. The second-order valence-corrected chi connectivity index (χ2v) is 11.8. The third kappa shape index (κ3) is 3.45. The summed E-state index contributed by atoms with van der Waals surface area (Å²) in [4.78, 5) is 55.3. The molecule has 4 fully saturated rings. The summed E-state index contributed by atoms with van der Waals surface area (Å²) in [7, 11) is 0. The maximum Gasteiger partial charge on any atom is 0.316 e. The number of imide groups is 1. The molecule has 8 heteroatoms. The lowest BCUT2D eigenvalue weighted by molar-refractivity contribution is -0.139. The standard InChI is InChI=1S/C29H25BrN2O5/c1-14-10-18(37-29(36)15-11-24(33)31(13-15)17-4-2-16(30)3-5-17)6-9-23(14)32-27(34)25-19-7-8-20(22-12-21(19)22)26(25)28(32)35/h2-10,15,19-22,25-26H,11-13H2,1H3/t15-,19+,20+,21-,22+,25-,26+/m1/s1. The number of allylic oxidation sites excluding steroid dienone is 2. The summed E-state index contributed by atoms with van der Waals surface area (Å²) in [6.07, 6.45) is 5.54. The number of ether oxygens (including phenoxy) is 1. The van der Waals surface area contributed by atoms with E-state index in [1.807, 2.05) is 31.2 Å². The summed E-state index contributed by atoms with van der Waals surface area (Å²) in [5.74, 6) is -0.0952. The van der Waals surface area contributed by atoms with Crippen molar-refractivity contribution in [3.05, 3.63) is 64.7 Å². The molecule has 2 saturated carbocycles. The number of carbonyl (C=O) groups is 4. The average Bonchev–Trinajstić information content (AvgIpc) is 3.56. The van der Waals surface area contributed by atoms with Gasteiger partial charge in [0.15, 0.2) is 0 Å². The first-order valence-corrected chi connectivity index (χ1v) is 13.6. The number of aryl methyl sites for hydroxylation is 1. The van der Waals surface area contributed by atoms with Crippen molar-refractivity contribution in [1.82, 2.24) is 0 Å². The monoisotopic (exact) mass is 560 g/mol. The van der Waals surface area contributed by atoms with Crippen LogP contribution >= 0.6 is 15.9 Å². The Bertz CT molecular complexity index is 1370. The molecule has 7 nitrogen and oxygen atoms in total. The molecule has 2 aliphatic heterocycles. The highest BCUT2D eigenvalue weighted by atomic mass is 79.9. The van der Waals surface area contributed by atoms with Crippen molar-refractivity contribution in [2.45, 2.75) is 19.8 Å². The van der Waals surface area contributed by atoms with Gasteiger partial charge in [0.25, 0.3) is 0 Å². The van der Waals surface area contributed by atoms with E-state index in [0.717, 1.165) is 16.6 Å². The number of carbonyl (C=O) groups excluding carboxylic acids is 4. The molecule has 37 heavy (non-hydrogen) atoms. The van der Waals surface area contributed by atoms with E-state index >= 15 is 0 Å². The van der Waals surface area contributed by atoms with Gasteiger partial charge in [-0.25, -0.2) is 4.90 Å². The molecule has 0 N–H and O–H groups in total. The molecule has 0 spiro atoms.